The van der Waals surface area contributed by atoms with Crippen molar-refractivity contribution in [2.24, 2.45) is 0 Å². The highest BCUT2D eigenvalue weighted by molar-refractivity contribution is 6.31. The molecule has 4 rings (SSSR count). The fraction of sp³-hybridized carbons (Fsp3) is 0. The third kappa shape index (κ3) is 3.75. The van der Waals surface area contributed by atoms with Crippen molar-refractivity contribution in [3.63, 3.8) is 0 Å². The number of hydrogen-bond donors (Lipinski definition) is 2. The maximum Gasteiger partial charge on any atom is 0.272 e. The number of para-hydroxylation sites is 1. The van der Waals surface area contributed by atoms with E-state index < -0.39 is 5.91 Å². The number of nitrogens with one attached hydrogen (secondary N) is 2. The van der Waals surface area contributed by atoms with Gasteiger partial charge in [0.25, 0.3) is 11.5 Å². The van der Waals surface area contributed by atoms with E-state index in [1.54, 1.807) is 54.6 Å². The number of anilines is 1. The molecule has 0 aliphatic heterocycles. The molecular weight excluding hydrogens is 376 g/mol. The highest BCUT2D eigenvalue weighted by atomic mass is 35.5. The van der Waals surface area contributed by atoms with Gasteiger partial charge in [-0.2, -0.15) is 0 Å². The smallest absolute Gasteiger partial charge is 0.272 e. The molecule has 0 fully saturated rings. The number of pyridine rings is 1. The van der Waals surface area contributed by atoms with Gasteiger partial charge in [0.15, 0.2) is 5.75 Å². The van der Waals surface area contributed by atoms with Crippen LogP contribution in [0.25, 0.3) is 10.8 Å². The molecule has 5 nitrogen and oxygen atoms in total. The van der Waals surface area contributed by atoms with E-state index in [1.165, 1.54) is 0 Å². The molecule has 0 aliphatic carbocycles. The number of halogens is 1. The van der Waals surface area contributed by atoms with Gasteiger partial charge in [-0.25, -0.2) is 0 Å². The summed E-state index contributed by atoms with van der Waals surface area (Å²) in [5.41, 5.74) is 0.222. The summed E-state index contributed by atoms with van der Waals surface area (Å²) in [7, 11) is 0. The van der Waals surface area contributed by atoms with Crippen molar-refractivity contribution in [3.8, 4) is 11.5 Å². The summed E-state index contributed by atoms with van der Waals surface area (Å²) in [6, 6.07) is 22.8. The molecule has 0 saturated heterocycles. The van der Waals surface area contributed by atoms with Crippen LogP contribution in [-0.2, 0) is 0 Å². The molecule has 0 atom stereocenters. The van der Waals surface area contributed by atoms with Gasteiger partial charge in [0.2, 0.25) is 0 Å². The summed E-state index contributed by atoms with van der Waals surface area (Å²) in [5, 5.41) is 4.41. The van der Waals surface area contributed by atoms with E-state index in [4.69, 9.17) is 16.3 Å². The molecule has 6 heteroatoms. The van der Waals surface area contributed by atoms with Gasteiger partial charge in [0.05, 0.1) is 5.69 Å². The Balaban J connectivity index is 1.66. The van der Waals surface area contributed by atoms with E-state index >= 15 is 0 Å². The van der Waals surface area contributed by atoms with Crippen molar-refractivity contribution < 1.29 is 9.53 Å². The number of amides is 1. The standard InChI is InChI=1S/C22H15ClN2O3/c23-15-10-11-20(28-16-7-2-1-3-8-16)18(13-15)24-22(27)19-12-14-6-4-5-9-17(14)21(26)25-19/h1-13H,(H,24,27)(H,25,26). The monoisotopic (exact) mass is 390 g/mol. The Kier molecular flexibility index (Phi) is 4.83. The van der Waals surface area contributed by atoms with Crippen LogP contribution in [0, 0.1) is 0 Å². The van der Waals surface area contributed by atoms with Crippen molar-refractivity contribution >= 4 is 34.0 Å². The first-order chi connectivity index (χ1) is 13.6. The van der Waals surface area contributed by atoms with E-state index in [-0.39, 0.29) is 11.3 Å². The van der Waals surface area contributed by atoms with Crippen LogP contribution in [0.15, 0.2) is 83.7 Å². The van der Waals surface area contributed by atoms with Gasteiger partial charge in [0, 0.05) is 10.4 Å². The molecule has 28 heavy (non-hydrogen) atoms. The van der Waals surface area contributed by atoms with Gasteiger partial charge in [0.1, 0.15) is 11.4 Å². The number of benzene rings is 3. The fourth-order valence-electron chi connectivity index (χ4n) is 2.83. The molecule has 0 saturated carbocycles. The lowest BCUT2D eigenvalue weighted by Crippen LogP contribution is -2.19. The summed E-state index contributed by atoms with van der Waals surface area (Å²) in [4.78, 5) is 27.6. The first-order valence-corrected chi connectivity index (χ1v) is 8.94. The quantitative estimate of drug-likeness (QED) is 0.501. The largest absolute Gasteiger partial charge is 0.455 e. The van der Waals surface area contributed by atoms with E-state index in [2.05, 4.69) is 10.3 Å². The minimum Gasteiger partial charge on any atom is -0.455 e. The van der Waals surface area contributed by atoms with Gasteiger partial charge in [-0.15, -0.1) is 0 Å². The van der Waals surface area contributed by atoms with Gasteiger partial charge >= 0.3 is 0 Å². The molecule has 2 N–H and O–H groups in total. The number of hydrogen-bond acceptors (Lipinski definition) is 3. The molecule has 138 valence electrons. The van der Waals surface area contributed by atoms with Crippen LogP contribution in [0.5, 0.6) is 11.5 Å². The van der Waals surface area contributed by atoms with Crippen LogP contribution < -0.4 is 15.6 Å². The Bertz CT molecular complexity index is 1220. The Morgan fingerprint density at radius 3 is 2.50 bits per heavy atom. The SMILES string of the molecule is O=C(Nc1cc(Cl)ccc1Oc1ccccc1)c1cc2ccccc2c(=O)[nH]1. The van der Waals surface area contributed by atoms with E-state index in [9.17, 15) is 9.59 Å². The third-order valence-corrected chi connectivity index (χ3v) is 4.39. The molecule has 0 spiro atoms. The number of fused-ring (bicyclic) bond motifs is 1. The normalized spacial score (nSPS) is 10.6. The van der Waals surface area contributed by atoms with Gasteiger partial charge in [-0.1, -0.05) is 48.0 Å². The molecule has 0 unspecified atom stereocenters. The summed E-state index contributed by atoms with van der Waals surface area (Å²) < 4.78 is 5.85. The van der Waals surface area contributed by atoms with Crippen molar-refractivity contribution in [1.29, 1.82) is 0 Å². The first kappa shape index (κ1) is 17.8. The molecule has 1 aromatic heterocycles. The van der Waals surface area contributed by atoms with Crippen molar-refractivity contribution in [1.82, 2.24) is 4.98 Å². The topological polar surface area (TPSA) is 71.2 Å². The molecule has 1 amide bonds. The molecule has 0 aliphatic rings. The molecule has 3 aromatic carbocycles. The molecular formula is C22H15ClN2O3. The zero-order chi connectivity index (χ0) is 19.5. The van der Waals surface area contributed by atoms with E-state index in [0.717, 1.165) is 0 Å². The number of aromatic amines is 1. The second kappa shape index (κ2) is 7.58. The number of H-pyrrole nitrogens is 1. The van der Waals surface area contributed by atoms with Crippen LogP contribution in [-0.4, -0.2) is 10.9 Å². The van der Waals surface area contributed by atoms with Crippen LogP contribution in [0.4, 0.5) is 5.69 Å². The lowest BCUT2D eigenvalue weighted by Gasteiger charge is -2.13. The van der Waals surface area contributed by atoms with Crippen molar-refractivity contribution in [2.45, 2.75) is 0 Å². The highest BCUT2D eigenvalue weighted by Crippen LogP contribution is 2.32. The minimum atomic E-state index is -0.469. The minimum absolute atomic E-state index is 0.148. The molecule has 1 heterocycles. The van der Waals surface area contributed by atoms with Crippen LogP contribution in [0.2, 0.25) is 5.02 Å². The van der Waals surface area contributed by atoms with Crippen LogP contribution in [0.1, 0.15) is 10.5 Å². The number of rotatable bonds is 4. The van der Waals surface area contributed by atoms with E-state index in [1.807, 2.05) is 24.3 Å². The number of aromatic nitrogens is 1. The maximum absolute atomic E-state index is 12.7. The fourth-order valence-corrected chi connectivity index (χ4v) is 3.00. The third-order valence-electron chi connectivity index (χ3n) is 4.16. The maximum atomic E-state index is 12.7. The van der Waals surface area contributed by atoms with Crippen LogP contribution >= 0.6 is 11.6 Å². The van der Waals surface area contributed by atoms with Crippen molar-refractivity contribution in [2.75, 3.05) is 5.32 Å². The number of carbonyl (C=O) groups is 1. The first-order valence-electron chi connectivity index (χ1n) is 8.56. The Hall–Kier alpha value is -3.57. The Morgan fingerprint density at radius 1 is 0.929 bits per heavy atom. The van der Waals surface area contributed by atoms with Crippen LogP contribution in [0.3, 0.4) is 0 Å². The Morgan fingerprint density at radius 2 is 1.68 bits per heavy atom. The number of carbonyl (C=O) groups excluding carboxylic acids is 1. The number of ether oxygens (including phenoxy) is 1. The summed E-state index contributed by atoms with van der Waals surface area (Å²) in [6.45, 7) is 0. The summed E-state index contributed by atoms with van der Waals surface area (Å²) in [5.74, 6) is 0.592. The highest BCUT2D eigenvalue weighted by Gasteiger charge is 2.14. The average Bonchev–Trinajstić information content (AvgIpc) is 2.71. The lowest BCUT2D eigenvalue weighted by atomic mass is 10.1. The average molecular weight is 391 g/mol. The van der Waals surface area contributed by atoms with Gasteiger partial charge < -0.3 is 15.0 Å². The predicted octanol–water partition coefficient (Wildman–Crippen LogP) is 5.23. The second-order valence-corrected chi connectivity index (χ2v) is 6.55. The second-order valence-electron chi connectivity index (χ2n) is 6.11. The molecule has 0 bridgehead atoms. The molecule has 4 aromatic rings. The summed E-state index contributed by atoms with van der Waals surface area (Å²) in [6.07, 6.45) is 0. The Labute approximate surface area is 165 Å². The lowest BCUT2D eigenvalue weighted by molar-refractivity contribution is 0.102. The molecule has 0 radical (unpaired) electrons. The van der Waals surface area contributed by atoms with Gasteiger partial charge in [-0.05, 0) is 47.9 Å². The summed E-state index contributed by atoms with van der Waals surface area (Å²) >= 11 is 6.09. The predicted molar refractivity (Wildman–Crippen MR) is 110 cm³/mol. The van der Waals surface area contributed by atoms with Crippen molar-refractivity contribution in [3.05, 3.63) is 99.9 Å². The van der Waals surface area contributed by atoms with Gasteiger partial charge in [-0.3, -0.25) is 9.59 Å². The van der Waals surface area contributed by atoms with E-state index in [0.29, 0.717) is 33.0 Å². The zero-order valence-corrected chi connectivity index (χ0v) is 15.4. The zero-order valence-electron chi connectivity index (χ0n) is 14.6.